The minimum atomic E-state index is -0.450. The zero-order chi connectivity index (χ0) is 17.2. The van der Waals surface area contributed by atoms with Gasteiger partial charge in [-0.25, -0.2) is 0 Å². The first kappa shape index (κ1) is 16.1. The monoisotopic (exact) mass is 337 g/mol. The van der Waals surface area contributed by atoms with Gasteiger partial charge in [0.1, 0.15) is 0 Å². The van der Waals surface area contributed by atoms with E-state index in [0.29, 0.717) is 6.04 Å². The molecule has 130 valence electrons. The van der Waals surface area contributed by atoms with Gasteiger partial charge in [0.2, 0.25) is 11.8 Å². The molecule has 5 nitrogen and oxygen atoms in total. The highest BCUT2D eigenvalue weighted by molar-refractivity contribution is 6.03. The van der Waals surface area contributed by atoms with Crippen molar-refractivity contribution in [3.63, 3.8) is 0 Å². The first-order valence-corrected chi connectivity index (χ1v) is 9.05. The zero-order valence-electron chi connectivity index (χ0n) is 14.1. The van der Waals surface area contributed by atoms with Crippen molar-refractivity contribution in [2.45, 2.75) is 50.2 Å². The van der Waals surface area contributed by atoms with Crippen LogP contribution >= 0.6 is 0 Å². The molecule has 0 unspecified atom stereocenters. The molecule has 0 aromatic heterocycles. The molecule has 5 heteroatoms. The quantitative estimate of drug-likeness (QED) is 0.806. The normalized spacial score (nSPS) is 25.9. The summed E-state index contributed by atoms with van der Waals surface area (Å²) in [4.78, 5) is 24.8. The summed E-state index contributed by atoms with van der Waals surface area (Å²) in [6, 6.07) is 13.8. The summed E-state index contributed by atoms with van der Waals surface area (Å²) in [6.45, 7) is 0. The van der Waals surface area contributed by atoms with Crippen molar-refractivity contribution in [2.75, 3.05) is 5.32 Å². The number of rotatable bonds is 3. The van der Waals surface area contributed by atoms with Gasteiger partial charge in [-0.3, -0.25) is 9.59 Å². The maximum atomic E-state index is 12.5. The SMILES string of the molecule is O=C(C[C@@H]1N[C@H]2CCCC[C@H]2NC1=O)Nc1cccc2ccccc12. The largest absolute Gasteiger partial charge is 0.350 e. The molecule has 2 amide bonds. The van der Waals surface area contributed by atoms with Gasteiger partial charge < -0.3 is 16.0 Å². The number of carbonyl (C=O) groups excluding carboxylic acids is 2. The topological polar surface area (TPSA) is 70.2 Å². The molecular weight excluding hydrogens is 314 g/mol. The summed E-state index contributed by atoms with van der Waals surface area (Å²) >= 11 is 0. The van der Waals surface area contributed by atoms with Gasteiger partial charge in [-0.2, -0.15) is 0 Å². The van der Waals surface area contributed by atoms with Crippen molar-refractivity contribution >= 4 is 28.3 Å². The van der Waals surface area contributed by atoms with Crippen LogP contribution in [0.3, 0.4) is 0 Å². The van der Waals surface area contributed by atoms with Crippen LogP contribution in [0.15, 0.2) is 42.5 Å². The van der Waals surface area contributed by atoms with Gasteiger partial charge in [0.25, 0.3) is 0 Å². The molecule has 2 aliphatic rings. The number of amides is 2. The fourth-order valence-electron chi connectivity index (χ4n) is 3.99. The molecule has 25 heavy (non-hydrogen) atoms. The van der Waals surface area contributed by atoms with Gasteiger partial charge in [0.05, 0.1) is 12.5 Å². The van der Waals surface area contributed by atoms with Gasteiger partial charge in [-0.15, -0.1) is 0 Å². The van der Waals surface area contributed by atoms with Crippen LogP contribution < -0.4 is 16.0 Å². The average Bonchev–Trinajstić information content (AvgIpc) is 2.63. The fourth-order valence-corrected chi connectivity index (χ4v) is 3.99. The van der Waals surface area contributed by atoms with E-state index in [1.54, 1.807) is 0 Å². The molecule has 4 rings (SSSR count). The Morgan fingerprint density at radius 3 is 2.68 bits per heavy atom. The number of hydrogen-bond donors (Lipinski definition) is 3. The van der Waals surface area contributed by atoms with E-state index in [4.69, 9.17) is 0 Å². The molecular formula is C20H23N3O2. The second-order valence-corrected chi connectivity index (χ2v) is 7.00. The summed E-state index contributed by atoms with van der Waals surface area (Å²) in [5.41, 5.74) is 0.787. The third-order valence-electron chi connectivity index (χ3n) is 5.28. The number of piperazine rings is 1. The van der Waals surface area contributed by atoms with Crippen molar-refractivity contribution in [1.82, 2.24) is 10.6 Å². The molecule has 2 aromatic carbocycles. The Bertz CT molecular complexity index is 799. The van der Waals surface area contributed by atoms with Crippen LogP contribution in [-0.2, 0) is 9.59 Å². The lowest BCUT2D eigenvalue weighted by molar-refractivity contribution is -0.129. The van der Waals surface area contributed by atoms with Crippen molar-refractivity contribution < 1.29 is 9.59 Å². The van der Waals surface area contributed by atoms with E-state index in [1.807, 2.05) is 42.5 Å². The number of hydrogen-bond acceptors (Lipinski definition) is 3. The molecule has 1 aliphatic heterocycles. The third kappa shape index (κ3) is 3.37. The number of benzene rings is 2. The second-order valence-electron chi connectivity index (χ2n) is 7.00. The average molecular weight is 337 g/mol. The summed E-state index contributed by atoms with van der Waals surface area (Å²) < 4.78 is 0. The highest BCUT2D eigenvalue weighted by atomic mass is 16.2. The van der Waals surface area contributed by atoms with E-state index < -0.39 is 6.04 Å². The summed E-state index contributed by atoms with van der Waals surface area (Å²) in [7, 11) is 0. The van der Waals surface area contributed by atoms with Crippen molar-refractivity contribution in [2.24, 2.45) is 0 Å². The summed E-state index contributed by atoms with van der Waals surface area (Å²) in [5.74, 6) is -0.200. The molecule has 3 atom stereocenters. The fraction of sp³-hybridized carbons (Fsp3) is 0.400. The highest BCUT2D eigenvalue weighted by Gasteiger charge is 2.36. The predicted molar refractivity (Wildman–Crippen MR) is 98.3 cm³/mol. The van der Waals surface area contributed by atoms with Crippen LogP contribution in [0, 0.1) is 0 Å². The molecule has 0 spiro atoms. The Labute approximate surface area is 147 Å². The van der Waals surface area contributed by atoms with Crippen LogP contribution in [0.25, 0.3) is 10.8 Å². The van der Waals surface area contributed by atoms with Crippen LogP contribution in [-0.4, -0.2) is 29.9 Å². The van der Waals surface area contributed by atoms with E-state index in [0.717, 1.165) is 35.7 Å². The van der Waals surface area contributed by atoms with Crippen LogP contribution in [0.5, 0.6) is 0 Å². The first-order chi connectivity index (χ1) is 12.2. The molecule has 0 radical (unpaired) electrons. The maximum absolute atomic E-state index is 12.5. The van der Waals surface area contributed by atoms with Gasteiger partial charge in [-0.1, -0.05) is 49.2 Å². The Kier molecular flexibility index (Phi) is 4.40. The number of carbonyl (C=O) groups is 2. The molecule has 0 bridgehead atoms. The molecule has 3 N–H and O–H groups in total. The molecule has 1 saturated carbocycles. The van der Waals surface area contributed by atoms with E-state index in [1.165, 1.54) is 6.42 Å². The second kappa shape index (κ2) is 6.84. The van der Waals surface area contributed by atoms with Crippen LogP contribution in [0.2, 0.25) is 0 Å². The van der Waals surface area contributed by atoms with E-state index in [-0.39, 0.29) is 24.3 Å². The zero-order valence-corrected chi connectivity index (χ0v) is 14.1. The molecule has 2 aromatic rings. The van der Waals surface area contributed by atoms with Crippen molar-refractivity contribution in [1.29, 1.82) is 0 Å². The van der Waals surface area contributed by atoms with Gasteiger partial charge in [0, 0.05) is 23.2 Å². The van der Waals surface area contributed by atoms with Crippen LogP contribution in [0.1, 0.15) is 32.1 Å². The van der Waals surface area contributed by atoms with Crippen molar-refractivity contribution in [3.05, 3.63) is 42.5 Å². The van der Waals surface area contributed by atoms with Gasteiger partial charge in [0.15, 0.2) is 0 Å². The summed E-state index contributed by atoms with van der Waals surface area (Å²) in [6.07, 6.45) is 4.58. The van der Waals surface area contributed by atoms with Crippen molar-refractivity contribution in [3.8, 4) is 0 Å². The smallest absolute Gasteiger partial charge is 0.237 e. The summed E-state index contributed by atoms with van der Waals surface area (Å²) in [5, 5.41) is 11.5. The van der Waals surface area contributed by atoms with E-state index in [2.05, 4.69) is 16.0 Å². The van der Waals surface area contributed by atoms with E-state index in [9.17, 15) is 9.59 Å². The number of fused-ring (bicyclic) bond motifs is 2. The highest BCUT2D eigenvalue weighted by Crippen LogP contribution is 2.24. The lowest BCUT2D eigenvalue weighted by Crippen LogP contribution is -2.65. The molecule has 1 saturated heterocycles. The number of nitrogens with one attached hydrogen (secondary N) is 3. The Balaban J connectivity index is 1.44. The lowest BCUT2D eigenvalue weighted by Gasteiger charge is -2.40. The third-order valence-corrected chi connectivity index (χ3v) is 5.28. The minimum absolute atomic E-state index is 0.0591. The lowest BCUT2D eigenvalue weighted by atomic mass is 9.87. The minimum Gasteiger partial charge on any atom is -0.350 e. The van der Waals surface area contributed by atoms with Crippen LogP contribution in [0.4, 0.5) is 5.69 Å². The van der Waals surface area contributed by atoms with Gasteiger partial charge >= 0.3 is 0 Å². The maximum Gasteiger partial charge on any atom is 0.237 e. The predicted octanol–water partition coefficient (Wildman–Crippen LogP) is 2.57. The number of anilines is 1. The molecule has 1 aliphatic carbocycles. The van der Waals surface area contributed by atoms with E-state index >= 15 is 0 Å². The Hall–Kier alpha value is -2.40. The van der Waals surface area contributed by atoms with Gasteiger partial charge in [-0.05, 0) is 24.3 Å². The molecule has 1 heterocycles. The first-order valence-electron chi connectivity index (χ1n) is 9.05. The Morgan fingerprint density at radius 1 is 1.04 bits per heavy atom. The Morgan fingerprint density at radius 2 is 1.80 bits per heavy atom. The molecule has 2 fully saturated rings. The standard InChI is InChI=1S/C20H23N3O2/c24-19(22-15-11-5-7-13-6-1-2-8-14(13)15)12-18-20(25)23-17-10-4-3-9-16(17)21-18/h1-2,5-8,11,16-18,21H,3-4,9-10,12H2,(H,22,24)(H,23,25)/t16-,17+,18-/m0/s1.